The molecule has 1 aromatic carbocycles. The van der Waals surface area contributed by atoms with E-state index < -0.39 is 0 Å². The van der Waals surface area contributed by atoms with E-state index in [0.29, 0.717) is 10.9 Å². The molecule has 4 nitrogen and oxygen atoms in total. The van der Waals surface area contributed by atoms with Gasteiger partial charge in [-0.3, -0.25) is 0 Å². The largest absolute Gasteiger partial charge is 0.465 e. The lowest BCUT2D eigenvalue weighted by molar-refractivity contribution is 0.0600. The molecule has 0 aliphatic rings. The summed E-state index contributed by atoms with van der Waals surface area (Å²) in [6, 6.07) is 3.57. The number of ether oxygens (including phenoxy) is 1. The minimum Gasteiger partial charge on any atom is -0.465 e. The maximum absolute atomic E-state index is 11.6. The van der Waals surface area contributed by atoms with Gasteiger partial charge in [-0.1, -0.05) is 15.9 Å². The average molecular weight is 283 g/mol. The molecular formula is C11H11BrN2O2. The summed E-state index contributed by atoms with van der Waals surface area (Å²) in [4.78, 5) is 15.8. The SMILES string of the molecule is COC(=O)c1ccc2ncn(C)c2c1CBr. The van der Waals surface area contributed by atoms with E-state index in [2.05, 4.69) is 20.9 Å². The number of fused-ring (bicyclic) bond motifs is 1. The summed E-state index contributed by atoms with van der Waals surface area (Å²) in [5, 5.41) is 0.592. The van der Waals surface area contributed by atoms with Gasteiger partial charge in [0.15, 0.2) is 0 Å². The summed E-state index contributed by atoms with van der Waals surface area (Å²) >= 11 is 3.40. The second kappa shape index (κ2) is 4.25. The quantitative estimate of drug-likeness (QED) is 0.627. The molecule has 0 atom stereocenters. The van der Waals surface area contributed by atoms with Crippen LogP contribution in [0.1, 0.15) is 15.9 Å². The van der Waals surface area contributed by atoms with Crippen molar-refractivity contribution >= 4 is 32.9 Å². The number of nitrogens with zero attached hydrogens (tertiary/aromatic N) is 2. The second-order valence-corrected chi connectivity index (χ2v) is 4.00. The molecule has 2 aromatic rings. The molecule has 0 N–H and O–H groups in total. The maximum Gasteiger partial charge on any atom is 0.338 e. The fraction of sp³-hybridized carbons (Fsp3) is 0.273. The molecule has 0 aliphatic heterocycles. The van der Waals surface area contributed by atoms with E-state index in [-0.39, 0.29) is 5.97 Å². The minimum atomic E-state index is -0.322. The van der Waals surface area contributed by atoms with Crippen LogP contribution < -0.4 is 0 Å². The van der Waals surface area contributed by atoms with Crippen molar-refractivity contribution in [1.82, 2.24) is 9.55 Å². The molecular weight excluding hydrogens is 272 g/mol. The number of alkyl halides is 1. The van der Waals surface area contributed by atoms with Crippen LogP contribution in [0.5, 0.6) is 0 Å². The van der Waals surface area contributed by atoms with E-state index >= 15 is 0 Å². The molecule has 0 unspecified atom stereocenters. The Bertz CT molecular complexity index is 548. The lowest BCUT2D eigenvalue weighted by atomic mass is 10.1. The van der Waals surface area contributed by atoms with E-state index in [0.717, 1.165) is 16.6 Å². The molecule has 5 heteroatoms. The lowest BCUT2D eigenvalue weighted by Gasteiger charge is -2.07. The van der Waals surface area contributed by atoms with Gasteiger partial charge in [-0.05, 0) is 12.1 Å². The van der Waals surface area contributed by atoms with Crippen molar-refractivity contribution in [1.29, 1.82) is 0 Å². The van der Waals surface area contributed by atoms with Gasteiger partial charge in [-0.2, -0.15) is 0 Å². The van der Waals surface area contributed by atoms with Crippen LogP contribution in [-0.2, 0) is 17.1 Å². The number of rotatable bonds is 2. The Morgan fingerprint density at radius 3 is 2.94 bits per heavy atom. The summed E-state index contributed by atoms with van der Waals surface area (Å²) in [5.41, 5.74) is 3.32. The highest BCUT2D eigenvalue weighted by Gasteiger charge is 2.16. The molecule has 0 aliphatic carbocycles. The Hall–Kier alpha value is -1.36. The predicted molar refractivity (Wildman–Crippen MR) is 64.7 cm³/mol. The van der Waals surface area contributed by atoms with Gasteiger partial charge in [0.2, 0.25) is 0 Å². The molecule has 0 bridgehead atoms. The molecule has 0 amide bonds. The molecule has 0 fully saturated rings. The van der Waals surface area contributed by atoms with Gasteiger partial charge < -0.3 is 9.30 Å². The van der Waals surface area contributed by atoms with Gasteiger partial charge in [-0.15, -0.1) is 0 Å². The number of hydrogen-bond donors (Lipinski definition) is 0. The first kappa shape index (κ1) is 11.1. The Morgan fingerprint density at radius 1 is 1.56 bits per heavy atom. The fourth-order valence-electron chi connectivity index (χ4n) is 1.76. The molecule has 84 valence electrons. The average Bonchev–Trinajstić information content (AvgIpc) is 2.69. The normalized spacial score (nSPS) is 10.7. The van der Waals surface area contributed by atoms with E-state index in [1.807, 2.05) is 17.7 Å². The van der Waals surface area contributed by atoms with Crippen LogP contribution >= 0.6 is 15.9 Å². The first-order valence-corrected chi connectivity index (χ1v) is 5.88. The zero-order valence-electron chi connectivity index (χ0n) is 9.03. The molecule has 2 rings (SSSR count). The Balaban J connectivity index is 2.76. The second-order valence-electron chi connectivity index (χ2n) is 3.44. The third-order valence-corrected chi connectivity index (χ3v) is 3.08. The summed E-state index contributed by atoms with van der Waals surface area (Å²) in [6.07, 6.45) is 1.73. The summed E-state index contributed by atoms with van der Waals surface area (Å²) in [6.45, 7) is 0. The van der Waals surface area contributed by atoms with Crippen LogP contribution in [0.4, 0.5) is 0 Å². The highest BCUT2D eigenvalue weighted by atomic mass is 79.9. The standard InChI is InChI=1S/C11H11BrN2O2/c1-14-6-13-9-4-3-7(11(15)16-2)8(5-12)10(9)14/h3-4,6H,5H2,1-2H3. The van der Waals surface area contributed by atoms with Crippen LogP contribution in [0.3, 0.4) is 0 Å². The zero-order valence-corrected chi connectivity index (χ0v) is 10.6. The number of halogens is 1. The zero-order chi connectivity index (χ0) is 11.7. The van der Waals surface area contributed by atoms with Gasteiger partial charge in [0, 0.05) is 17.9 Å². The van der Waals surface area contributed by atoms with Crippen molar-refractivity contribution in [3.8, 4) is 0 Å². The van der Waals surface area contributed by atoms with Gasteiger partial charge in [0.05, 0.1) is 30.0 Å². The van der Waals surface area contributed by atoms with Crippen LogP contribution in [0.25, 0.3) is 11.0 Å². The number of imidazole rings is 1. The molecule has 1 aromatic heterocycles. The van der Waals surface area contributed by atoms with E-state index in [1.165, 1.54) is 7.11 Å². The minimum absolute atomic E-state index is 0.322. The molecule has 16 heavy (non-hydrogen) atoms. The van der Waals surface area contributed by atoms with Crippen LogP contribution in [0, 0.1) is 0 Å². The van der Waals surface area contributed by atoms with Crippen LogP contribution in [0.15, 0.2) is 18.5 Å². The van der Waals surface area contributed by atoms with Crippen molar-refractivity contribution in [2.24, 2.45) is 7.05 Å². The maximum atomic E-state index is 11.6. The number of esters is 1. The molecule has 0 saturated carbocycles. The molecule has 1 heterocycles. The van der Waals surface area contributed by atoms with Crippen LogP contribution in [-0.4, -0.2) is 22.6 Å². The van der Waals surface area contributed by atoms with E-state index in [1.54, 1.807) is 12.4 Å². The van der Waals surface area contributed by atoms with Crippen molar-refractivity contribution in [2.75, 3.05) is 7.11 Å². The van der Waals surface area contributed by atoms with E-state index in [9.17, 15) is 4.79 Å². The first-order valence-electron chi connectivity index (χ1n) is 4.76. The van der Waals surface area contributed by atoms with Gasteiger partial charge in [0.1, 0.15) is 0 Å². The van der Waals surface area contributed by atoms with Gasteiger partial charge >= 0.3 is 5.97 Å². The topological polar surface area (TPSA) is 44.1 Å². The molecule has 0 saturated heterocycles. The molecule has 0 spiro atoms. The lowest BCUT2D eigenvalue weighted by Crippen LogP contribution is -2.06. The van der Waals surface area contributed by atoms with Crippen molar-refractivity contribution < 1.29 is 9.53 Å². The van der Waals surface area contributed by atoms with E-state index in [4.69, 9.17) is 4.74 Å². The van der Waals surface area contributed by atoms with Crippen molar-refractivity contribution in [3.63, 3.8) is 0 Å². The molecule has 0 radical (unpaired) electrons. The number of aromatic nitrogens is 2. The van der Waals surface area contributed by atoms with Crippen LogP contribution in [0.2, 0.25) is 0 Å². The first-order chi connectivity index (χ1) is 7.69. The number of aryl methyl sites for hydroxylation is 1. The summed E-state index contributed by atoms with van der Waals surface area (Å²) in [5.74, 6) is -0.322. The third kappa shape index (κ3) is 1.61. The predicted octanol–water partition coefficient (Wildman–Crippen LogP) is 2.25. The van der Waals surface area contributed by atoms with Gasteiger partial charge in [0.25, 0.3) is 0 Å². The van der Waals surface area contributed by atoms with Crippen molar-refractivity contribution in [2.45, 2.75) is 5.33 Å². The van der Waals surface area contributed by atoms with Crippen molar-refractivity contribution in [3.05, 3.63) is 29.6 Å². The van der Waals surface area contributed by atoms with Gasteiger partial charge in [-0.25, -0.2) is 9.78 Å². The summed E-state index contributed by atoms with van der Waals surface area (Å²) < 4.78 is 6.66. The smallest absolute Gasteiger partial charge is 0.338 e. The third-order valence-electron chi connectivity index (χ3n) is 2.52. The monoisotopic (exact) mass is 282 g/mol. The number of benzene rings is 1. The number of methoxy groups -OCH3 is 1. The number of hydrogen-bond acceptors (Lipinski definition) is 3. The Labute approximate surface area is 101 Å². The number of carbonyl (C=O) groups excluding carboxylic acids is 1. The Morgan fingerprint density at radius 2 is 2.31 bits per heavy atom. The number of carbonyl (C=O) groups is 1. The highest BCUT2D eigenvalue weighted by Crippen LogP contribution is 2.24. The fourth-order valence-corrected chi connectivity index (χ4v) is 2.33. The summed E-state index contributed by atoms with van der Waals surface area (Å²) in [7, 11) is 3.29. The highest BCUT2D eigenvalue weighted by molar-refractivity contribution is 9.08. The Kier molecular flexibility index (Phi) is 2.96.